The Labute approximate surface area is 270 Å². The van der Waals surface area contributed by atoms with E-state index in [1.165, 1.54) is 36.4 Å². The van der Waals surface area contributed by atoms with E-state index in [9.17, 15) is 17.2 Å². The number of nitrogens with zero attached hydrogens (tertiary/aromatic N) is 2. The maximum atomic E-state index is 15.4. The van der Waals surface area contributed by atoms with Crippen molar-refractivity contribution in [2.24, 2.45) is 0 Å². The van der Waals surface area contributed by atoms with Gasteiger partial charge in [-0.1, -0.05) is 36.4 Å². The van der Waals surface area contributed by atoms with Crippen LogP contribution in [0.5, 0.6) is 0 Å². The smallest absolute Gasteiger partial charge is 0.158 e. The van der Waals surface area contributed by atoms with Crippen molar-refractivity contribution in [1.82, 2.24) is 9.97 Å². The van der Waals surface area contributed by atoms with Gasteiger partial charge in [0.1, 0.15) is 23.3 Å². The van der Waals surface area contributed by atoms with Crippen molar-refractivity contribution in [2.75, 3.05) is 0 Å². The van der Waals surface area contributed by atoms with Gasteiger partial charge in [0, 0.05) is 47.0 Å². The molecular formula is C38H28F4N2O2S. The molecule has 236 valence electrons. The molecule has 0 unspecified atom stereocenters. The Balaban J connectivity index is 1.23. The van der Waals surface area contributed by atoms with Gasteiger partial charge in [0.25, 0.3) is 0 Å². The predicted molar refractivity (Wildman–Crippen MR) is 176 cm³/mol. The van der Waals surface area contributed by atoms with Crippen molar-refractivity contribution >= 4 is 9.84 Å². The van der Waals surface area contributed by atoms with Crippen molar-refractivity contribution in [1.29, 1.82) is 0 Å². The molecule has 9 heteroatoms. The van der Waals surface area contributed by atoms with Gasteiger partial charge in [-0.25, -0.2) is 26.0 Å². The Morgan fingerprint density at radius 1 is 0.489 bits per heavy atom. The number of hydrogen-bond donors (Lipinski definition) is 0. The Bertz CT molecular complexity index is 2100. The minimum absolute atomic E-state index is 0.0524. The molecule has 0 spiro atoms. The van der Waals surface area contributed by atoms with Crippen molar-refractivity contribution in [3.8, 4) is 44.5 Å². The first-order chi connectivity index (χ1) is 22.5. The molecule has 0 amide bonds. The van der Waals surface area contributed by atoms with Crippen LogP contribution in [0.3, 0.4) is 0 Å². The van der Waals surface area contributed by atoms with Crippen LogP contribution in [0.15, 0.2) is 110 Å². The second kappa shape index (κ2) is 12.9. The van der Waals surface area contributed by atoms with Crippen LogP contribution in [-0.4, -0.2) is 18.4 Å². The summed E-state index contributed by atoms with van der Waals surface area (Å²) in [6, 6.07) is 21.4. The Morgan fingerprint density at radius 3 is 1.26 bits per heavy atom. The van der Waals surface area contributed by atoms with E-state index in [4.69, 9.17) is 0 Å². The predicted octanol–water partition coefficient (Wildman–Crippen LogP) is 9.43. The number of sulfone groups is 1. The zero-order chi connectivity index (χ0) is 33.3. The van der Waals surface area contributed by atoms with Crippen molar-refractivity contribution in [3.63, 3.8) is 0 Å². The molecule has 0 fully saturated rings. The van der Waals surface area contributed by atoms with E-state index in [0.717, 1.165) is 11.1 Å². The lowest BCUT2D eigenvalue weighted by molar-refractivity contribution is 0.581. The highest BCUT2D eigenvalue weighted by molar-refractivity contribution is 7.89. The molecule has 4 nitrogen and oxygen atoms in total. The molecule has 0 aliphatic rings. The molecule has 0 atom stereocenters. The fourth-order valence-electron chi connectivity index (χ4n) is 5.57. The summed E-state index contributed by atoms with van der Waals surface area (Å²) in [5, 5.41) is 0. The van der Waals surface area contributed by atoms with E-state index < -0.39 is 33.0 Å². The zero-order valence-electron chi connectivity index (χ0n) is 25.4. The van der Waals surface area contributed by atoms with E-state index >= 15 is 8.78 Å². The molecule has 47 heavy (non-hydrogen) atoms. The molecule has 6 rings (SSSR count). The van der Waals surface area contributed by atoms with Gasteiger partial charge < -0.3 is 0 Å². The van der Waals surface area contributed by atoms with Crippen LogP contribution in [0.25, 0.3) is 44.5 Å². The van der Waals surface area contributed by atoms with Gasteiger partial charge in [-0.3, -0.25) is 9.97 Å². The largest absolute Gasteiger partial charge is 0.264 e. The van der Waals surface area contributed by atoms with Crippen molar-refractivity contribution < 1.29 is 26.0 Å². The molecule has 0 N–H and O–H groups in total. The lowest BCUT2D eigenvalue weighted by Gasteiger charge is -2.13. The van der Waals surface area contributed by atoms with Crippen molar-refractivity contribution in [2.45, 2.75) is 25.4 Å². The Morgan fingerprint density at radius 2 is 0.872 bits per heavy atom. The molecule has 0 aliphatic carbocycles. The number of benzene rings is 4. The minimum Gasteiger partial charge on any atom is -0.264 e. The molecular weight excluding hydrogens is 624 g/mol. The molecule has 2 heterocycles. The van der Waals surface area contributed by atoms with Gasteiger partial charge in [-0.2, -0.15) is 0 Å². The third-order valence-electron chi connectivity index (χ3n) is 8.06. The SMILES string of the molecule is Cc1cc(-c2ccncc2-c2ccc(CS(=O)(=O)Cc3ccc(-c4cnccc4-c4ccc(F)c(C)c4)cc3F)c(F)c2)ccc1F. The van der Waals surface area contributed by atoms with E-state index in [0.29, 0.717) is 44.5 Å². The summed E-state index contributed by atoms with van der Waals surface area (Å²) in [7, 11) is -3.98. The zero-order valence-corrected chi connectivity index (χ0v) is 26.3. The molecule has 0 saturated heterocycles. The van der Waals surface area contributed by atoms with Gasteiger partial charge in [0.2, 0.25) is 0 Å². The van der Waals surface area contributed by atoms with E-state index in [1.807, 2.05) is 0 Å². The van der Waals surface area contributed by atoms with Gasteiger partial charge in [0.05, 0.1) is 11.5 Å². The number of hydrogen-bond acceptors (Lipinski definition) is 4. The number of halogens is 4. The quantitative estimate of drug-likeness (QED) is 0.154. The fraction of sp³-hybridized carbons (Fsp3) is 0.105. The summed E-state index contributed by atoms with van der Waals surface area (Å²) in [4.78, 5) is 8.32. The molecule has 2 aromatic heterocycles. The van der Waals surface area contributed by atoms with Crippen LogP contribution in [0.1, 0.15) is 22.3 Å². The fourth-order valence-corrected chi connectivity index (χ4v) is 7.08. The number of pyridine rings is 2. The van der Waals surface area contributed by atoms with E-state index in [2.05, 4.69) is 9.97 Å². The standard InChI is InChI=1S/C38H28F4N2O2S/c1-23-15-25(7-9-35(23)39)31-11-13-43-19-33(31)27-3-5-29(37(41)17-27)21-47(45,46)22-30-6-4-28(18-38(30)42)34-20-44-14-12-32(34)26-8-10-36(40)24(2)16-26/h3-20H,21-22H2,1-2H3. The minimum atomic E-state index is -3.98. The topological polar surface area (TPSA) is 59.9 Å². The van der Waals surface area contributed by atoms with Crippen LogP contribution < -0.4 is 0 Å². The average molecular weight is 653 g/mol. The molecule has 0 radical (unpaired) electrons. The summed E-state index contributed by atoms with van der Waals surface area (Å²) >= 11 is 0. The van der Waals surface area contributed by atoms with E-state index in [1.54, 1.807) is 87.2 Å². The van der Waals surface area contributed by atoms with Crippen molar-refractivity contribution in [3.05, 3.63) is 155 Å². The number of rotatable bonds is 8. The first kappa shape index (κ1) is 31.8. The highest BCUT2D eigenvalue weighted by Gasteiger charge is 2.20. The van der Waals surface area contributed by atoms with Crippen LogP contribution in [0.2, 0.25) is 0 Å². The maximum Gasteiger partial charge on any atom is 0.158 e. The van der Waals surface area contributed by atoms with Gasteiger partial charge in [0.15, 0.2) is 9.84 Å². The third-order valence-corrected chi connectivity index (χ3v) is 9.56. The molecule has 0 saturated carbocycles. The highest BCUT2D eigenvalue weighted by Crippen LogP contribution is 2.35. The van der Waals surface area contributed by atoms with E-state index in [-0.39, 0.29) is 22.8 Å². The second-order valence-corrected chi connectivity index (χ2v) is 13.5. The van der Waals surface area contributed by atoms with Crippen LogP contribution >= 0.6 is 0 Å². The first-order valence-corrected chi connectivity index (χ1v) is 16.5. The van der Waals surface area contributed by atoms with Gasteiger partial charge in [-0.15, -0.1) is 0 Å². The van der Waals surface area contributed by atoms with Gasteiger partial charge >= 0.3 is 0 Å². The highest BCUT2D eigenvalue weighted by atomic mass is 32.2. The lowest BCUT2D eigenvalue weighted by atomic mass is 9.95. The number of aromatic nitrogens is 2. The third kappa shape index (κ3) is 6.85. The summed E-state index contributed by atoms with van der Waals surface area (Å²) < 4.78 is 84.8. The number of aryl methyl sites for hydroxylation is 2. The van der Waals surface area contributed by atoms with Crippen LogP contribution in [0, 0.1) is 37.1 Å². The Hall–Kier alpha value is -5.15. The van der Waals surface area contributed by atoms with Crippen LogP contribution in [-0.2, 0) is 21.3 Å². The monoisotopic (exact) mass is 652 g/mol. The Kier molecular flexibility index (Phi) is 8.75. The first-order valence-electron chi connectivity index (χ1n) is 14.7. The maximum absolute atomic E-state index is 15.4. The molecule has 6 aromatic rings. The van der Waals surface area contributed by atoms with Gasteiger partial charge in [-0.05, 0) is 107 Å². The molecule has 0 aliphatic heterocycles. The lowest BCUT2D eigenvalue weighted by Crippen LogP contribution is -2.10. The molecule has 4 aromatic carbocycles. The summed E-state index contributed by atoms with van der Waals surface area (Å²) in [6.07, 6.45) is 6.31. The summed E-state index contributed by atoms with van der Waals surface area (Å²) in [5.41, 5.74) is 5.85. The summed E-state index contributed by atoms with van der Waals surface area (Å²) in [5.74, 6) is -3.39. The van der Waals surface area contributed by atoms with Crippen LogP contribution in [0.4, 0.5) is 17.6 Å². The summed E-state index contributed by atoms with van der Waals surface area (Å²) in [6.45, 7) is 3.31. The molecule has 0 bridgehead atoms. The second-order valence-electron chi connectivity index (χ2n) is 11.4. The normalized spacial score (nSPS) is 11.5. The average Bonchev–Trinajstić information content (AvgIpc) is 3.05.